The molecule has 0 aliphatic carbocycles. The van der Waals surface area contributed by atoms with Gasteiger partial charge in [0.1, 0.15) is 0 Å². The summed E-state index contributed by atoms with van der Waals surface area (Å²) in [6, 6.07) is 5.85. The third-order valence-corrected chi connectivity index (χ3v) is 3.07. The van der Waals surface area contributed by atoms with Crippen molar-refractivity contribution in [1.29, 1.82) is 0 Å². The number of aromatic nitrogens is 3. The molecule has 2 heterocycles. The highest BCUT2D eigenvalue weighted by atomic mass is 35.5. The standard InChI is InChI=1S/C10H11ClN4S/c1-2-15(10-9(11)13-16-14-10)7-8-5-3-4-6-12-8/h3-6H,2,7H2,1H3. The molecular formula is C10H11ClN4S. The second kappa shape index (κ2) is 5.23. The van der Waals surface area contributed by atoms with Crippen molar-refractivity contribution < 1.29 is 0 Å². The van der Waals surface area contributed by atoms with Crippen molar-refractivity contribution in [2.24, 2.45) is 0 Å². The molecule has 2 aromatic heterocycles. The first-order valence-electron chi connectivity index (χ1n) is 4.94. The maximum absolute atomic E-state index is 5.95. The van der Waals surface area contributed by atoms with Crippen molar-refractivity contribution >= 4 is 29.1 Å². The first-order chi connectivity index (χ1) is 7.81. The Balaban J connectivity index is 2.16. The molecule has 0 aromatic carbocycles. The predicted molar refractivity (Wildman–Crippen MR) is 65.9 cm³/mol. The molecule has 6 heteroatoms. The fraction of sp³-hybridized carbons (Fsp3) is 0.300. The van der Waals surface area contributed by atoms with E-state index in [0.29, 0.717) is 11.7 Å². The van der Waals surface area contributed by atoms with E-state index in [4.69, 9.17) is 11.6 Å². The fourth-order valence-corrected chi connectivity index (χ4v) is 2.16. The Morgan fingerprint density at radius 3 is 2.81 bits per heavy atom. The molecule has 84 valence electrons. The van der Waals surface area contributed by atoms with Gasteiger partial charge in [0.25, 0.3) is 0 Å². The molecule has 0 aliphatic rings. The molecular weight excluding hydrogens is 244 g/mol. The Morgan fingerprint density at radius 2 is 2.25 bits per heavy atom. The summed E-state index contributed by atoms with van der Waals surface area (Å²) in [5.41, 5.74) is 0.994. The number of halogens is 1. The van der Waals surface area contributed by atoms with Crippen molar-refractivity contribution in [3.63, 3.8) is 0 Å². The predicted octanol–water partition coefficient (Wildman–Crippen LogP) is 2.61. The van der Waals surface area contributed by atoms with Crippen LogP contribution in [0.1, 0.15) is 12.6 Å². The summed E-state index contributed by atoms with van der Waals surface area (Å²) in [7, 11) is 0. The van der Waals surface area contributed by atoms with Crippen molar-refractivity contribution in [3.8, 4) is 0 Å². The molecule has 0 unspecified atom stereocenters. The van der Waals surface area contributed by atoms with Gasteiger partial charge in [0.15, 0.2) is 11.0 Å². The first kappa shape index (κ1) is 11.3. The van der Waals surface area contributed by atoms with Crippen molar-refractivity contribution in [2.45, 2.75) is 13.5 Å². The van der Waals surface area contributed by atoms with Crippen LogP contribution in [0.4, 0.5) is 5.82 Å². The van der Waals surface area contributed by atoms with Crippen LogP contribution in [0, 0.1) is 0 Å². The minimum atomic E-state index is 0.461. The van der Waals surface area contributed by atoms with E-state index in [1.165, 1.54) is 0 Å². The molecule has 0 atom stereocenters. The molecule has 2 aromatic rings. The molecule has 4 nitrogen and oxygen atoms in total. The quantitative estimate of drug-likeness (QED) is 0.841. The van der Waals surface area contributed by atoms with E-state index in [1.54, 1.807) is 6.20 Å². The fourth-order valence-electron chi connectivity index (χ4n) is 1.39. The highest BCUT2D eigenvalue weighted by Crippen LogP contribution is 2.23. The van der Waals surface area contributed by atoms with Crippen LogP contribution in [-0.4, -0.2) is 20.3 Å². The molecule has 0 radical (unpaired) electrons. The van der Waals surface area contributed by atoms with E-state index in [2.05, 4.69) is 20.7 Å². The van der Waals surface area contributed by atoms with Crippen LogP contribution in [-0.2, 0) is 6.54 Å². The first-order valence-corrected chi connectivity index (χ1v) is 6.05. The maximum atomic E-state index is 5.95. The Hall–Kier alpha value is -1.20. The van der Waals surface area contributed by atoms with Crippen LogP contribution in [0.5, 0.6) is 0 Å². The Morgan fingerprint density at radius 1 is 1.38 bits per heavy atom. The highest BCUT2D eigenvalue weighted by molar-refractivity contribution is 6.99. The number of hydrogen-bond acceptors (Lipinski definition) is 5. The van der Waals surface area contributed by atoms with Gasteiger partial charge in [-0.25, -0.2) is 0 Å². The van der Waals surface area contributed by atoms with Gasteiger partial charge in [-0.05, 0) is 19.1 Å². The van der Waals surface area contributed by atoms with E-state index in [1.807, 2.05) is 23.1 Å². The lowest BCUT2D eigenvalue weighted by atomic mass is 10.3. The summed E-state index contributed by atoms with van der Waals surface area (Å²) in [4.78, 5) is 6.33. The van der Waals surface area contributed by atoms with Gasteiger partial charge in [0.2, 0.25) is 0 Å². The smallest absolute Gasteiger partial charge is 0.187 e. The lowest BCUT2D eigenvalue weighted by Crippen LogP contribution is -2.23. The van der Waals surface area contributed by atoms with Crippen LogP contribution >= 0.6 is 23.3 Å². The maximum Gasteiger partial charge on any atom is 0.187 e. The molecule has 0 aliphatic heterocycles. The van der Waals surface area contributed by atoms with Gasteiger partial charge in [-0.15, -0.1) is 0 Å². The summed E-state index contributed by atoms with van der Waals surface area (Å²) in [6.07, 6.45) is 1.78. The molecule has 2 rings (SSSR count). The van der Waals surface area contributed by atoms with E-state index < -0.39 is 0 Å². The van der Waals surface area contributed by atoms with Gasteiger partial charge in [-0.2, -0.15) is 8.75 Å². The normalized spacial score (nSPS) is 10.4. The van der Waals surface area contributed by atoms with Crippen LogP contribution in [0.25, 0.3) is 0 Å². The van der Waals surface area contributed by atoms with Crippen LogP contribution in [0.3, 0.4) is 0 Å². The lowest BCUT2D eigenvalue weighted by Gasteiger charge is -2.19. The minimum absolute atomic E-state index is 0.461. The molecule has 0 fully saturated rings. The van der Waals surface area contributed by atoms with Crippen molar-refractivity contribution in [1.82, 2.24) is 13.7 Å². The van der Waals surface area contributed by atoms with Crippen LogP contribution in [0.2, 0.25) is 5.15 Å². The molecule has 0 amide bonds. The molecule has 0 saturated heterocycles. The summed E-state index contributed by atoms with van der Waals surface area (Å²) < 4.78 is 8.14. The van der Waals surface area contributed by atoms with E-state index in [9.17, 15) is 0 Å². The monoisotopic (exact) mass is 254 g/mol. The second-order valence-electron chi connectivity index (χ2n) is 3.21. The van der Waals surface area contributed by atoms with Gasteiger partial charge in [-0.1, -0.05) is 17.7 Å². The number of pyridine rings is 1. The largest absolute Gasteiger partial charge is 0.348 e. The average molecular weight is 255 g/mol. The zero-order chi connectivity index (χ0) is 11.4. The van der Waals surface area contributed by atoms with Gasteiger partial charge in [-0.3, -0.25) is 4.98 Å². The van der Waals surface area contributed by atoms with E-state index in [-0.39, 0.29) is 0 Å². The number of rotatable bonds is 4. The summed E-state index contributed by atoms with van der Waals surface area (Å²) >= 11 is 7.08. The lowest BCUT2D eigenvalue weighted by molar-refractivity contribution is 0.799. The van der Waals surface area contributed by atoms with Crippen molar-refractivity contribution in [2.75, 3.05) is 11.4 Å². The molecule has 0 N–H and O–H groups in total. The third-order valence-electron chi connectivity index (χ3n) is 2.19. The zero-order valence-corrected chi connectivity index (χ0v) is 10.4. The average Bonchev–Trinajstić information content (AvgIpc) is 2.74. The van der Waals surface area contributed by atoms with Crippen LogP contribution in [0.15, 0.2) is 24.4 Å². The Labute approximate surface area is 103 Å². The van der Waals surface area contributed by atoms with Crippen molar-refractivity contribution in [3.05, 3.63) is 35.2 Å². The number of anilines is 1. The van der Waals surface area contributed by atoms with Crippen LogP contribution < -0.4 is 4.90 Å². The highest BCUT2D eigenvalue weighted by Gasteiger charge is 2.13. The Bertz CT molecular complexity index is 445. The second-order valence-corrected chi connectivity index (χ2v) is 4.10. The van der Waals surface area contributed by atoms with Gasteiger partial charge in [0.05, 0.1) is 24.0 Å². The van der Waals surface area contributed by atoms with Gasteiger partial charge >= 0.3 is 0 Å². The topological polar surface area (TPSA) is 41.9 Å². The number of hydrogen-bond donors (Lipinski definition) is 0. The molecule has 16 heavy (non-hydrogen) atoms. The minimum Gasteiger partial charge on any atom is -0.348 e. The zero-order valence-electron chi connectivity index (χ0n) is 8.80. The van der Waals surface area contributed by atoms with E-state index >= 15 is 0 Å². The number of nitrogens with zero attached hydrogens (tertiary/aromatic N) is 4. The molecule has 0 spiro atoms. The summed E-state index contributed by atoms with van der Waals surface area (Å²) in [6.45, 7) is 3.57. The molecule has 0 bridgehead atoms. The van der Waals surface area contributed by atoms with Gasteiger partial charge < -0.3 is 4.90 Å². The summed E-state index contributed by atoms with van der Waals surface area (Å²) in [5.74, 6) is 0.736. The SMILES string of the molecule is CCN(Cc1ccccn1)c1nsnc1Cl. The summed E-state index contributed by atoms with van der Waals surface area (Å²) in [5, 5.41) is 0.461. The van der Waals surface area contributed by atoms with E-state index in [0.717, 1.165) is 29.8 Å². The molecule has 0 saturated carbocycles. The Kier molecular flexibility index (Phi) is 3.69. The van der Waals surface area contributed by atoms with Gasteiger partial charge in [0, 0.05) is 12.7 Å². The third kappa shape index (κ3) is 2.48.